The molecule has 3 radical (unpaired) electrons. The largest absolute Gasteiger partial charge is 0.369 e. The van der Waals surface area contributed by atoms with Gasteiger partial charge < -0.3 is 10.6 Å². The Labute approximate surface area is 142 Å². The molecule has 1 aliphatic heterocycles. The van der Waals surface area contributed by atoms with Gasteiger partial charge >= 0.3 is 0 Å². The van der Waals surface area contributed by atoms with Gasteiger partial charge in [-0.05, 0) is 44.4 Å². The number of hydrogen-bond acceptors (Lipinski definition) is 2. The Kier molecular flexibility index (Phi) is 19.4. The smallest absolute Gasteiger partial charge is 0.0401 e. The molecule has 127 valence electrons. The lowest BCUT2D eigenvalue weighted by Gasteiger charge is -2.34. The summed E-state index contributed by atoms with van der Waals surface area (Å²) in [7, 11) is 0. The van der Waals surface area contributed by atoms with Gasteiger partial charge in [0.05, 0.1) is 0 Å². The topological polar surface area (TPSA) is 29.3 Å². The number of fused-ring (bicyclic) bond motifs is 1. The zero-order valence-electron chi connectivity index (χ0n) is 16.2. The van der Waals surface area contributed by atoms with Gasteiger partial charge in [0.1, 0.15) is 0 Å². The molecule has 1 aromatic carbocycles. The van der Waals surface area contributed by atoms with Crippen molar-refractivity contribution in [1.82, 2.24) is 0 Å². The van der Waals surface area contributed by atoms with Crippen LogP contribution in [0.15, 0.2) is 24.3 Å². The van der Waals surface area contributed by atoms with Crippen molar-refractivity contribution in [3.05, 3.63) is 29.8 Å². The first-order valence-corrected chi connectivity index (χ1v) is 8.62. The molecule has 0 aliphatic carbocycles. The molecule has 2 N–H and O–H groups in total. The number of nitrogens with zero attached hydrogens (tertiary/aromatic N) is 1. The molecular formula is C19H38BN2. The van der Waals surface area contributed by atoms with Gasteiger partial charge in [0.25, 0.3) is 0 Å². The lowest BCUT2D eigenvalue weighted by Crippen LogP contribution is -2.35. The van der Waals surface area contributed by atoms with Gasteiger partial charge in [-0.2, -0.15) is 0 Å². The van der Waals surface area contributed by atoms with Crippen LogP contribution in [-0.2, 0) is 6.42 Å². The fourth-order valence-electron chi connectivity index (χ4n) is 2.10. The van der Waals surface area contributed by atoms with Crippen LogP contribution < -0.4 is 10.6 Å². The molecule has 0 bridgehead atoms. The van der Waals surface area contributed by atoms with Crippen LogP contribution in [-0.4, -0.2) is 27.0 Å². The Balaban J connectivity index is -0.000000346. The summed E-state index contributed by atoms with van der Waals surface area (Å²) in [5, 5.41) is 0. The van der Waals surface area contributed by atoms with Crippen molar-refractivity contribution in [2.75, 3.05) is 11.4 Å². The quantitative estimate of drug-likeness (QED) is 0.750. The number of hydrogen-bond donors (Lipinski definition) is 1. The molecule has 0 aromatic heterocycles. The summed E-state index contributed by atoms with van der Waals surface area (Å²) < 4.78 is 0. The van der Waals surface area contributed by atoms with Crippen LogP contribution in [0.1, 0.15) is 67.4 Å². The summed E-state index contributed by atoms with van der Waals surface area (Å²) in [5.74, 6) is 0. The van der Waals surface area contributed by atoms with Gasteiger partial charge in [0.15, 0.2) is 0 Å². The highest BCUT2D eigenvalue weighted by molar-refractivity contribution is 5.75. The van der Waals surface area contributed by atoms with Gasteiger partial charge in [-0.1, -0.05) is 59.7 Å². The summed E-state index contributed by atoms with van der Waals surface area (Å²) >= 11 is 0. The molecular weight excluding hydrogens is 267 g/mol. The van der Waals surface area contributed by atoms with E-state index in [0.717, 1.165) is 0 Å². The summed E-state index contributed by atoms with van der Waals surface area (Å²) in [6.07, 6.45) is 2.55. The SMILES string of the molecule is CC.CC.CC(C)N.CC(C)N1CCCc2ccccc21.[B]. The molecule has 0 atom stereocenters. The van der Waals surface area contributed by atoms with Crippen molar-refractivity contribution in [1.29, 1.82) is 0 Å². The van der Waals surface area contributed by atoms with E-state index in [1.165, 1.54) is 30.6 Å². The monoisotopic (exact) mass is 305 g/mol. The Morgan fingerprint density at radius 1 is 0.955 bits per heavy atom. The van der Waals surface area contributed by atoms with E-state index in [-0.39, 0.29) is 8.41 Å². The minimum atomic E-state index is 0. The third-order valence-electron chi connectivity index (χ3n) is 2.77. The van der Waals surface area contributed by atoms with Crippen molar-refractivity contribution >= 4 is 14.1 Å². The van der Waals surface area contributed by atoms with Gasteiger partial charge in [0, 0.05) is 26.7 Å². The lowest BCUT2D eigenvalue weighted by molar-refractivity contribution is 0.626. The van der Waals surface area contributed by atoms with Crippen LogP contribution in [0.5, 0.6) is 0 Å². The number of rotatable bonds is 1. The highest BCUT2D eigenvalue weighted by atomic mass is 15.2. The van der Waals surface area contributed by atoms with E-state index in [1.807, 2.05) is 41.5 Å². The van der Waals surface area contributed by atoms with Crippen molar-refractivity contribution in [3.63, 3.8) is 0 Å². The van der Waals surface area contributed by atoms with Gasteiger partial charge in [0.2, 0.25) is 0 Å². The zero-order valence-corrected chi connectivity index (χ0v) is 16.2. The maximum absolute atomic E-state index is 5.11. The van der Waals surface area contributed by atoms with Crippen molar-refractivity contribution in [2.45, 2.75) is 80.3 Å². The van der Waals surface area contributed by atoms with Crippen LogP contribution in [0.25, 0.3) is 0 Å². The van der Waals surface area contributed by atoms with E-state index < -0.39 is 0 Å². The fraction of sp³-hybridized carbons (Fsp3) is 0.684. The molecule has 2 nitrogen and oxygen atoms in total. The van der Waals surface area contributed by atoms with Crippen molar-refractivity contribution in [3.8, 4) is 0 Å². The van der Waals surface area contributed by atoms with Crippen LogP contribution in [0.4, 0.5) is 5.69 Å². The molecule has 1 heterocycles. The highest BCUT2D eigenvalue weighted by Gasteiger charge is 2.17. The third kappa shape index (κ3) is 10.7. The lowest BCUT2D eigenvalue weighted by atomic mass is 10.0. The fourth-order valence-corrected chi connectivity index (χ4v) is 2.10. The first-order valence-electron chi connectivity index (χ1n) is 8.62. The Hall–Kier alpha value is -0.955. The Morgan fingerprint density at radius 2 is 1.41 bits per heavy atom. The number of anilines is 1. The maximum Gasteiger partial charge on any atom is 0.0401 e. The Morgan fingerprint density at radius 3 is 1.86 bits per heavy atom. The second-order valence-corrected chi connectivity index (χ2v) is 5.26. The number of benzene rings is 1. The van der Waals surface area contributed by atoms with E-state index in [1.54, 1.807) is 0 Å². The minimum Gasteiger partial charge on any atom is -0.369 e. The van der Waals surface area contributed by atoms with E-state index >= 15 is 0 Å². The number of nitrogens with two attached hydrogens (primary N) is 1. The van der Waals surface area contributed by atoms with E-state index in [2.05, 4.69) is 43.0 Å². The Bertz CT molecular complexity index is 335. The summed E-state index contributed by atoms with van der Waals surface area (Å²) in [6.45, 7) is 17.6. The number of para-hydroxylation sites is 1. The van der Waals surface area contributed by atoms with Gasteiger partial charge in [-0.25, -0.2) is 0 Å². The number of aryl methyl sites for hydroxylation is 1. The summed E-state index contributed by atoms with van der Waals surface area (Å²) in [4.78, 5) is 2.50. The molecule has 0 amide bonds. The predicted molar refractivity (Wildman–Crippen MR) is 105 cm³/mol. The van der Waals surface area contributed by atoms with E-state index in [4.69, 9.17) is 5.73 Å². The standard InChI is InChI=1S/C12H17N.C3H9N.2C2H6.B/c1-10(2)13-9-5-7-11-6-3-4-8-12(11)13;1-3(2)4;2*1-2;/h3-4,6,8,10H,5,7,9H2,1-2H3;3H,4H2,1-2H3;2*1-2H3;. The van der Waals surface area contributed by atoms with Crippen LogP contribution in [0, 0.1) is 0 Å². The van der Waals surface area contributed by atoms with Crippen molar-refractivity contribution in [2.24, 2.45) is 5.73 Å². The van der Waals surface area contributed by atoms with Crippen molar-refractivity contribution < 1.29 is 0 Å². The second kappa shape index (κ2) is 16.4. The molecule has 0 fully saturated rings. The van der Waals surface area contributed by atoms with Gasteiger partial charge in [-0.15, -0.1) is 0 Å². The van der Waals surface area contributed by atoms with E-state index in [9.17, 15) is 0 Å². The molecule has 3 heteroatoms. The molecule has 2 rings (SSSR count). The first kappa shape index (κ1) is 26.0. The molecule has 0 unspecified atom stereocenters. The minimum absolute atomic E-state index is 0. The normalized spacial score (nSPS) is 11.7. The average molecular weight is 305 g/mol. The summed E-state index contributed by atoms with van der Waals surface area (Å²) in [5.41, 5.74) is 8.08. The van der Waals surface area contributed by atoms with Gasteiger partial charge in [-0.3, -0.25) is 0 Å². The second-order valence-electron chi connectivity index (χ2n) is 5.26. The molecule has 0 saturated heterocycles. The molecule has 0 spiro atoms. The molecule has 1 aromatic rings. The molecule has 1 aliphatic rings. The summed E-state index contributed by atoms with van der Waals surface area (Å²) in [6, 6.07) is 9.74. The maximum atomic E-state index is 5.11. The first-order chi connectivity index (χ1) is 10.0. The van der Waals surface area contributed by atoms with Crippen LogP contribution in [0.3, 0.4) is 0 Å². The zero-order chi connectivity index (χ0) is 16.8. The molecule has 22 heavy (non-hydrogen) atoms. The van der Waals surface area contributed by atoms with E-state index in [0.29, 0.717) is 12.1 Å². The van der Waals surface area contributed by atoms with Crippen LogP contribution in [0.2, 0.25) is 0 Å². The van der Waals surface area contributed by atoms with Crippen LogP contribution >= 0.6 is 0 Å². The highest BCUT2D eigenvalue weighted by Crippen LogP contribution is 2.27. The molecule has 0 saturated carbocycles. The third-order valence-corrected chi connectivity index (χ3v) is 2.77. The average Bonchev–Trinajstić information content (AvgIpc) is 2.50. The predicted octanol–water partition coefficient (Wildman–Crippen LogP) is 4.87.